The normalized spacial score (nSPS) is 14.8. The van der Waals surface area contributed by atoms with Crippen molar-refractivity contribution in [1.29, 1.82) is 0 Å². The lowest BCUT2D eigenvalue weighted by Crippen LogP contribution is -2.25. The standard InChI is InChI=1S/C14H23N3/c1-17-9-2-4-13-10-12(5-6-14(13)17)11-16-8-3-7-15/h5-6,10,16H,2-4,7-9,11,15H2,1H3. The van der Waals surface area contributed by atoms with E-state index in [9.17, 15) is 0 Å². The molecule has 17 heavy (non-hydrogen) atoms. The van der Waals surface area contributed by atoms with Gasteiger partial charge in [-0.15, -0.1) is 0 Å². The molecule has 1 aliphatic rings. The molecule has 3 nitrogen and oxygen atoms in total. The molecule has 2 rings (SSSR count). The van der Waals surface area contributed by atoms with Crippen molar-refractivity contribution in [2.45, 2.75) is 25.8 Å². The molecule has 0 radical (unpaired) electrons. The largest absolute Gasteiger partial charge is 0.374 e. The summed E-state index contributed by atoms with van der Waals surface area (Å²) in [4.78, 5) is 2.35. The number of benzene rings is 1. The molecule has 0 unspecified atom stereocenters. The number of hydrogen-bond acceptors (Lipinski definition) is 3. The summed E-state index contributed by atoms with van der Waals surface area (Å²) >= 11 is 0. The molecule has 3 N–H and O–H groups in total. The van der Waals surface area contributed by atoms with Crippen molar-refractivity contribution in [2.75, 3.05) is 31.6 Å². The Hall–Kier alpha value is -1.06. The zero-order valence-corrected chi connectivity index (χ0v) is 10.7. The second-order valence-corrected chi connectivity index (χ2v) is 4.81. The van der Waals surface area contributed by atoms with E-state index in [1.54, 1.807) is 0 Å². The minimum Gasteiger partial charge on any atom is -0.374 e. The zero-order chi connectivity index (χ0) is 12.1. The molecule has 1 aromatic carbocycles. The zero-order valence-electron chi connectivity index (χ0n) is 10.7. The van der Waals surface area contributed by atoms with Gasteiger partial charge in [0.15, 0.2) is 0 Å². The minimum absolute atomic E-state index is 0.766. The van der Waals surface area contributed by atoms with Gasteiger partial charge in [0.05, 0.1) is 0 Å². The number of nitrogens with two attached hydrogens (primary N) is 1. The second-order valence-electron chi connectivity index (χ2n) is 4.81. The van der Waals surface area contributed by atoms with E-state index in [4.69, 9.17) is 5.73 Å². The van der Waals surface area contributed by atoms with Gasteiger partial charge in [-0.25, -0.2) is 0 Å². The molecule has 3 heteroatoms. The molecule has 0 bridgehead atoms. The van der Waals surface area contributed by atoms with Gasteiger partial charge in [-0.2, -0.15) is 0 Å². The number of hydrogen-bond donors (Lipinski definition) is 2. The summed E-state index contributed by atoms with van der Waals surface area (Å²) in [5.41, 5.74) is 9.76. The van der Waals surface area contributed by atoms with Crippen LogP contribution in [-0.2, 0) is 13.0 Å². The van der Waals surface area contributed by atoms with Crippen LogP contribution in [-0.4, -0.2) is 26.7 Å². The van der Waals surface area contributed by atoms with Gasteiger partial charge in [-0.1, -0.05) is 12.1 Å². The Balaban J connectivity index is 1.96. The Labute approximate surface area is 104 Å². The van der Waals surface area contributed by atoms with Crippen LogP contribution >= 0.6 is 0 Å². The summed E-state index contributed by atoms with van der Waals surface area (Å²) in [6, 6.07) is 6.84. The molecule has 94 valence electrons. The molecule has 1 heterocycles. The van der Waals surface area contributed by atoms with Crippen molar-refractivity contribution < 1.29 is 0 Å². The monoisotopic (exact) mass is 233 g/mol. The molecule has 0 saturated heterocycles. The molecule has 1 aromatic rings. The van der Waals surface area contributed by atoms with Crippen LogP contribution in [0.25, 0.3) is 0 Å². The lowest BCUT2D eigenvalue weighted by atomic mass is 9.99. The van der Waals surface area contributed by atoms with Crippen molar-refractivity contribution in [3.8, 4) is 0 Å². The lowest BCUT2D eigenvalue weighted by Gasteiger charge is -2.27. The predicted octanol–water partition coefficient (Wildman–Crippen LogP) is 1.51. The SMILES string of the molecule is CN1CCCc2cc(CNCCCN)ccc21. The van der Waals surface area contributed by atoms with Crippen molar-refractivity contribution in [1.82, 2.24) is 5.32 Å². The Morgan fingerprint density at radius 3 is 3.12 bits per heavy atom. The maximum atomic E-state index is 5.47. The molecule has 0 fully saturated rings. The maximum absolute atomic E-state index is 5.47. The average Bonchev–Trinajstić information content (AvgIpc) is 2.35. The lowest BCUT2D eigenvalue weighted by molar-refractivity contribution is 0.654. The number of aryl methyl sites for hydroxylation is 1. The van der Waals surface area contributed by atoms with Gasteiger partial charge in [-0.3, -0.25) is 0 Å². The second kappa shape index (κ2) is 6.03. The molecule has 0 spiro atoms. The minimum atomic E-state index is 0.766. The Kier molecular flexibility index (Phi) is 4.40. The van der Waals surface area contributed by atoms with Gasteiger partial charge < -0.3 is 16.0 Å². The van der Waals surface area contributed by atoms with Crippen molar-refractivity contribution >= 4 is 5.69 Å². The van der Waals surface area contributed by atoms with Crippen LogP contribution in [0.4, 0.5) is 5.69 Å². The van der Waals surface area contributed by atoms with Crippen molar-refractivity contribution in [3.63, 3.8) is 0 Å². The Morgan fingerprint density at radius 1 is 1.41 bits per heavy atom. The van der Waals surface area contributed by atoms with E-state index in [1.165, 1.54) is 36.2 Å². The van der Waals surface area contributed by atoms with Crippen LogP contribution in [0.15, 0.2) is 18.2 Å². The maximum Gasteiger partial charge on any atom is 0.0396 e. The molecular weight excluding hydrogens is 210 g/mol. The first-order valence-electron chi connectivity index (χ1n) is 6.55. The first-order chi connectivity index (χ1) is 8.31. The molecule has 0 aromatic heterocycles. The van der Waals surface area contributed by atoms with Gasteiger partial charge in [0, 0.05) is 25.8 Å². The molecule has 0 saturated carbocycles. The highest BCUT2D eigenvalue weighted by Gasteiger charge is 2.13. The molecule has 0 aliphatic carbocycles. The van der Waals surface area contributed by atoms with Gasteiger partial charge >= 0.3 is 0 Å². The van der Waals surface area contributed by atoms with Gasteiger partial charge in [0.2, 0.25) is 0 Å². The first kappa shape index (κ1) is 12.4. The topological polar surface area (TPSA) is 41.3 Å². The van der Waals surface area contributed by atoms with E-state index in [0.717, 1.165) is 26.1 Å². The van der Waals surface area contributed by atoms with Gasteiger partial charge in [-0.05, 0) is 49.5 Å². The summed E-state index contributed by atoms with van der Waals surface area (Å²) in [5, 5.41) is 3.43. The highest BCUT2D eigenvalue weighted by Crippen LogP contribution is 2.26. The van der Waals surface area contributed by atoms with Crippen LogP contribution in [0.2, 0.25) is 0 Å². The molecular formula is C14H23N3. The number of rotatable bonds is 5. The number of fused-ring (bicyclic) bond motifs is 1. The summed E-state index contributed by atoms with van der Waals surface area (Å²) in [6.45, 7) is 3.91. The van der Waals surface area contributed by atoms with Crippen molar-refractivity contribution in [2.24, 2.45) is 5.73 Å². The van der Waals surface area contributed by atoms with Gasteiger partial charge in [0.1, 0.15) is 0 Å². The fourth-order valence-corrected chi connectivity index (χ4v) is 2.41. The van der Waals surface area contributed by atoms with Crippen LogP contribution in [0.5, 0.6) is 0 Å². The van der Waals surface area contributed by atoms with Crippen LogP contribution < -0.4 is 16.0 Å². The number of anilines is 1. The van der Waals surface area contributed by atoms with E-state index in [0.29, 0.717) is 0 Å². The third kappa shape index (κ3) is 3.20. The highest BCUT2D eigenvalue weighted by molar-refractivity contribution is 5.56. The average molecular weight is 233 g/mol. The summed E-state index contributed by atoms with van der Waals surface area (Å²) in [7, 11) is 2.18. The molecule has 0 amide bonds. The highest BCUT2D eigenvalue weighted by atomic mass is 15.1. The van der Waals surface area contributed by atoms with E-state index < -0.39 is 0 Å². The summed E-state index contributed by atoms with van der Waals surface area (Å²) in [6.07, 6.45) is 3.54. The third-order valence-corrected chi connectivity index (χ3v) is 3.38. The van der Waals surface area contributed by atoms with E-state index >= 15 is 0 Å². The summed E-state index contributed by atoms with van der Waals surface area (Å²) in [5.74, 6) is 0. The number of nitrogens with one attached hydrogen (secondary N) is 1. The fraction of sp³-hybridized carbons (Fsp3) is 0.571. The van der Waals surface area contributed by atoms with Crippen molar-refractivity contribution in [3.05, 3.63) is 29.3 Å². The van der Waals surface area contributed by atoms with Crippen LogP contribution in [0.3, 0.4) is 0 Å². The summed E-state index contributed by atoms with van der Waals surface area (Å²) < 4.78 is 0. The van der Waals surface area contributed by atoms with Crippen LogP contribution in [0, 0.1) is 0 Å². The number of nitrogens with zero attached hydrogens (tertiary/aromatic N) is 1. The predicted molar refractivity (Wildman–Crippen MR) is 73.4 cm³/mol. The van der Waals surface area contributed by atoms with E-state index in [1.807, 2.05) is 0 Å². The smallest absolute Gasteiger partial charge is 0.0396 e. The van der Waals surface area contributed by atoms with Crippen LogP contribution in [0.1, 0.15) is 24.0 Å². The Bertz CT molecular complexity index is 362. The van der Waals surface area contributed by atoms with E-state index in [-0.39, 0.29) is 0 Å². The third-order valence-electron chi connectivity index (χ3n) is 3.38. The molecule has 1 aliphatic heterocycles. The van der Waals surface area contributed by atoms with Gasteiger partial charge in [0.25, 0.3) is 0 Å². The first-order valence-corrected chi connectivity index (χ1v) is 6.55. The van der Waals surface area contributed by atoms with E-state index in [2.05, 4.69) is 35.5 Å². The fourth-order valence-electron chi connectivity index (χ4n) is 2.41. The molecule has 0 atom stereocenters. The quantitative estimate of drug-likeness (QED) is 0.757. The Morgan fingerprint density at radius 2 is 2.29 bits per heavy atom.